The summed E-state index contributed by atoms with van der Waals surface area (Å²) in [7, 11) is 0. The summed E-state index contributed by atoms with van der Waals surface area (Å²) < 4.78 is 0. The maximum absolute atomic E-state index is 5.64. The lowest BCUT2D eigenvalue weighted by atomic mass is 9.93. The lowest BCUT2D eigenvalue weighted by Crippen LogP contribution is -2.33. The smallest absolute Gasteiger partial charge is 0.00399 e. The van der Waals surface area contributed by atoms with E-state index in [1.54, 1.807) is 0 Å². The Balaban J connectivity index is 0.000000640. The molecule has 1 saturated carbocycles. The molecule has 0 heterocycles. The molecule has 0 saturated heterocycles. The molecule has 0 aromatic rings. The Morgan fingerprint density at radius 1 is 0.778 bits per heavy atom. The fourth-order valence-electron chi connectivity index (χ4n) is 1.14. The van der Waals surface area contributed by atoms with E-state index in [-0.39, 0.29) is 6.15 Å². The van der Waals surface area contributed by atoms with Crippen LogP contribution in [0.3, 0.4) is 0 Å². The van der Waals surface area contributed by atoms with Crippen LogP contribution in [-0.2, 0) is 0 Å². The lowest BCUT2D eigenvalue weighted by Gasteiger charge is -2.22. The van der Waals surface area contributed by atoms with Gasteiger partial charge in [0.2, 0.25) is 0 Å². The van der Waals surface area contributed by atoms with Gasteiger partial charge in [-0.2, -0.15) is 0 Å². The maximum Gasteiger partial charge on any atom is 0.00399 e. The Bertz CT molecular complexity index is 56.7. The first kappa shape index (κ1) is 8.88. The fourth-order valence-corrected chi connectivity index (χ4v) is 1.14. The van der Waals surface area contributed by atoms with Gasteiger partial charge in [0, 0.05) is 12.1 Å². The van der Waals surface area contributed by atoms with Crippen LogP contribution in [0, 0.1) is 0 Å². The van der Waals surface area contributed by atoms with Crippen molar-refractivity contribution in [2.45, 2.75) is 37.8 Å². The second kappa shape index (κ2) is 3.82. The summed E-state index contributed by atoms with van der Waals surface area (Å²) in [5.74, 6) is 0. The van der Waals surface area contributed by atoms with E-state index < -0.39 is 0 Å². The van der Waals surface area contributed by atoms with Crippen LogP contribution < -0.4 is 17.6 Å². The van der Waals surface area contributed by atoms with Gasteiger partial charge in [-0.1, -0.05) is 0 Å². The molecule has 0 bridgehead atoms. The Morgan fingerprint density at radius 2 is 1.00 bits per heavy atom. The van der Waals surface area contributed by atoms with Gasteiger partial charge in [-0.3, -0.25) is 0 Å². The highest BCUT2D eigenvalue weighted by Crippen LogP contribution is 2.14. The highest BCUT2D eigenvalue weighted by molar-refractivity contribution is 4.75. The normalized spacial score (nSPS) is 35.3. The van der Waals surface area contributed by atoms with E-state index in [4.69, 9.17) is 11.5 Å². The van der Waals surface area contributed by atoms with Crippen LogP contribution in [0.2, 0.25) is 0 Å². The molecule has 1 rings (SSSR count). The predicted octanol–water partition coefficient (Wildman–Crippen LogP) is 0.377. The summed E-state index contributed by atoms with van der Waals surface area (Å²) in [6.45, 7) is 0. The van der Waals surface area contributed by atoms with Crippen LogP contribution in [0.15, 0.2) is 0 Å². The Hall–Kier alpha value is -0.120. The molecule has 0 amide bonds. The van der Waals surface area contributed by atoms with Crippen molar-refractivity contribution in [3.8, 4) is 0 Å². The van der Waals surface area contributed by atoms with E-state index >= 15 is 0 Å². The maximum atomic E-state index is 5.64. The summed E-state index contributed by atoms with van der Waals surface area (Å²) in [6.07, 6.45) is 4.50. The Morgan fingerprint density at radius 3 is 1.22 bits per heavy atom. The van der Waals surface area contributed by atoms with E-state index in [2.05, 4.69) is 0 Å². The van der Waals surface area contributed by atoms with Crippen LogP contribution in [0.4, 0.5) is 0 Å². The van der Waals surface area contributed by atoms with Gasteiger partial charge in [0.05, 0.1) is 0 Å². The standard InChI is InChI=1S/C6H14N2.H3N/c7-5-1-2-6(8)4-3-5;/h5-6H,1-4,7-8H2;1H3. The minimum atomic E-state index is 0. The minimum Gasteiger partial charge on any atom is -0.344 e. The van der Waals surface area contributed by atoms with E-state index in [0.29, 0.717) is 12.1 Å². The SMILES string of the molecule is N.NC1CCC(N)CC1. The Kier molecular flexibility index (Phi) is 3.77. The number of rotatable bonds is 0. The molecule has 0 atom stereocenters. The van der Waals surface area contributed by atoms with Gasteiger partial charge < -0.3 is 17.6 Å². The van der Waals surface area contributed by atoms with E-state index in [1.165, 1.54) is 0 Å². The number of hydrogen-bond acceptors (Lipinski definition) is 3. The molecule has 56 valence electrons. The summed E-state index contributed by atoms with van der Waals surface area (Å²) >= 11 is 0. The molecule has 1 aliphatic rings. The molecule has 9 heavy (non-hydrogen) atoms. The molecule has 0 aromatic carbocycles. The van der Waals surface area contributed by atoms with E-state index in [1.807, 2.05) is 0 Å². The van der Waals surface area contributed by atoms with E-state index in [9.17, 15) is 0 Å². The second-order valence-electron chi connectivity index (χ2n) is 2.67. The molecule has 0 aromatic heterocycles. The third kappa shape index (κ3) is 2.79. The van der Waals surface area contributed by atoms with Gasteiger partial charge in [0.1, 0.15) is 0 Å². The van der Waals surface area contributed by atoms with Gasteiger partial charge in [-0.25, -0.2) is 0 Å². The minimum absolute atomic E-state index is 0. The molecule has 1 aliphatic carbocycles. The van der Waals surface area contributed by atoms with Crippen molar-refractivity contribution >= 4 is 0 Å². The van der Waals surface area contributed by atoms with Crippen molar-refractivity contribution in [1.82, 2.24) is 6.15 Å². The predicted molar refractivity (Wildman–Crippen MR) is 39.4 cm³/mol. The monoisotopic (exact) mass is 131 g/mol. The molecule has 3 nitrogen and oxygen atoms in total. The molecule has 0 radical (unpaired) electrons. The average Bonchev–Trinajstić information content (AvgIpc) is 1.77. The number of hydrogen-bond donors (Lipinski definition) is 3. The van der Waals surface area contributed by atoms with Crippen molar-refractivity contribution in [2.24, 2.45) is 11.5 Å². The van der Waals surface area contributed by atoms with Gasteiger partial charge in [0.15, 0.2) is 0 Å². The summed E-state index contributed by atoms with van der Waals surface area (Å²) in [4.78, 5) is 0. The van der Waals surface area contributed by atoms with Crippen molar-refractivity contribution < 1.29 is 0 Å². The van der Waals surface area contributed by atoms with Crippen LogP contribution in [-0.4, -0.2) is 12.1 Å². The molecule has 7 N–H and O–H groups in total. The largest absolute Gasteiger partial charge is 0.344 e. The zero-order valence-electron chi connectivity index (χ0n) is 5.84. The first-order valence-electron chi connectivity index (χ1n) is 3.30. The van der Waals surface area contributed by atoms with Crippen LogP contribution >= 0.6 is 0 Å². The van der Waals surface area contributed by atoms with Crippen molar-refractivity contribution in [2.75, 3.05) is 0 Å². The molecular formula is C6H17N3. The van der Waals surface area contributed by atoms with Gasteiger partial charge >= 0.3 is 0 Å². The summed E-state index contributed by atoms with van der Waals surface area (Å²) in [6, 6.07) is 0.879. The topological polar surface area (TPSA) is 87.0 Å². The van der Waals surface area contributed by atoms with Crippen molar-refractivity contribution in [3.63, 3.8) is 0 Å². The lowest BCUT2D eigenvalue weighted by molar-refractivity contribution is 0.395. The van der Waals surface area contributed by atoms with Crippen molar-refractivity contribution in [3.05, 3.63) is 0 Å². The highest BCUT2D eigenvalue weighted by Gasteiger charge is 2.13. The van der Waals surface area contributed by atoms with Crippen LogP contribution in [0.25, 0.3) is 0 Å². The van der Waals surface area contributed by atoms with Gasteiger partial charge in [0.25, 0.3) is 0 Å². The quantitative estimate of drug-likeness (QED) is 0.444. The summed E-state index contributed by atoms with van der Waals surface area (Å²) in [5, 5.41) is 0. The Labute approximate surface area is 56.4 Å². The molecule has 3 heteroatoms. The first-order chi connectivity index (χ1) is 3.79. The zero-order valence-corrected chi connectivity index (χ0v) is 5.84. The highest BCUT2D eigenvalue weighted by atomic mass is 14.7. The van der Waals surface area contributed by atoms with Gasteiger partial charge in [-0.15, -0.1) is 0 Å². The molecular weight excluding hydrogens is 114 g/mol. The fraction of sp³-hybridized carbons (Fsp3) is 1.00. The van der Waals surface area contributed by atoms with Crippen LogP contribution in [0.1, 0.15) is 25.7 Å². The third-order valence-electron chi connectivity index (χ3n) is 1.82. The second-order valence-corrected chi connectivity index (χ2v) is 2.67. The van der Waals surface area contributed by atoms with E-state index in [0.717, 1.165) is 25.7 Å². The molecule has 0 unspecified atom stereocenters. The molecule has 0 aliphatic heterocycles. The molecule has 1 fully saturated rings. The average molecular weight is 131 g/mol. The van der Waals surface area contributed by atoms with Crippen LogP contribution in [0.5, 0.6) is 0 Å². The summed E-state index contributed by atoms with van der Waals surface area (Å²) in [5.41, 5.74) is 11.3. The number of nitrogens with two attached hydrogens (primary N) is 2. The molecule has 0 spiro atoms. The van der Waals surface area contributed by atoms with Gasteiger partial charge in [-0.05, 0) is 25.7 Å². The zero-order chi connectivity index (χ0) is 5.98. The third-order valence-corrected chi connectivity index (χ3v) is 1.82. The van der Waals surface area contributed by atoms with Crippen molar-refractivity contribution in [1.29, 1.82) is 0 Å². The first-order valence-corrected chi connectivity index (χ1v) is 3.30.